The van der Waals surface area contributed by atoms with Gasteiger partial charge in [-0.25, -0.2) is 9.97 Å². The first-order chi connectivity index (χ1) is 15.5. The molecule has 0 atom stereocenters. The van der Waals surface area contributed by atoms with Crippen molar-refractivity contribution >= 4 is 51.2 Å². The van der Waals surface area contributed by atoms with E-state index in [1.54, 1.807) is 18.3 Å². The summed E-state index contributed by atoms with van der Waals surface area (Å²) < 4.78 is 10.5. The van der Waals surface area contributed by atoms with Gasteiger partial charge in [0, 0.05) is 17.6 Å². The van der Waals surface area contributed by atoms with Crippen molar-refractivity contribution in [3.05, 3.63) is 70.1 Å². The quantitative estimate of drug-likeness (QED) is 0.291. The zero-order valence-corrected chi connectivity index (χ0v) is 17.8. The highest BCUT2D eigenvalue weighted by Gasteiger charge is 2.25. The first kappa shape index (κ1) is 21.1. The Labute approximate surface area is 187 Å². The van der Waals surface area contributed by atoms with E-state index >= 15 is 0 Å². The highest BCUT2D eigenvalue weighted by atomic mass is 35.5. The maximum Gasteiger partial charge on any atom is 0.353 e. The average Bonchev–Trinajstić information content (AvgIpc) is 2.79. The van der Waals surface area contributed by atoms with Crippen molar-refractivity contribution in [2.75, 3.05) is 24.9 Å². The van der Waals surface area contributed by atoms with E-state index in [1.807, 2.05) is 24.3 Å². The van der Waals surface area contributed by atoms with Crippen LogP contribution in [-0.2, 0) is 0 Å². The molecule has 162 valence electrons. The molecular weight excluding hydrogens is 436 g/mol. The predicted molar refractivity (Wildman–Crippen MR) is 122 cm³/mol. The molecule has 0 radical (unpaired) electrons. The van der Waals surface area contributed by atoms with Crippen molar-refractivity contribution in [1.82, 2.24) is 15.0 Å². The summed E-state index contributed by atoms with van der Waals surface area (Å²) >= 11 is 6.21. The van der Waals surface area contributed by atoms with Gasteiger partial charge in [0.2, 0.25) is 11.6 Å². The summed E-state index contributed by atoms with van der Waals surface area (Å²) in [6, 6.07) is 12.3. The summed E-state index contributed by atoms with van der Waals surface area (Å²) in [5, 5.41) is 19.1. The second kappa shape index (κ2) is 8.90. The summed E-state index contributed by atoms with van der Waals surface area (Å²) in [5.74, 6) is 0.730. The van der Waals surface area contributed by atoms with Crippen molar-refractivity contribution < 1.29 is 14.4 Å². The van der Waals surface area contributed by atoms with Gasteiger partial charge in [0.15, 0.2) is 0 Å². The molecule has 2 aromatic heterocycles. The molecule has 4 rings (SSSR count). The van der Waals surface area contributed by atoms with Gasteiger partial charge in [0.1, 0.15) is 17.8 Å². The maximum absolute atomic E-state index is 12.0. The molecule has 11 heteroatoms. The Balaban J connectivity index is 1.77. The summed E-state index contributed by atoms with van der Waals surface area (Å²) in [4.78, 5) is 23.9. The van der Waals surface area contributed by atoms with E-state index in [0.717, 1.165) is 5.39 Å². The van der Waals surface area contributed by atoms with Crippen LogP contribution in [0.15, 0.2) is 55.0 Å². The molecule has 0 amide bonds. The number of rotatable bonds is 7. The van der Waals surface area contributed by atoms with Crippen LogP contribution in [0.1, 0.15) is 0 Å². The van der Waals surface area contributed by atoms with Gasteiger partial charge in [-0.15, -0.1) is 0 Å². The number of hydrogen-bond donors (Lipinski definition) is 2. The fourth-order valence-electron chi connectivity index (χ4n) is 3.15. The van der Waals surface area contributed by atoms with Gasteiger partial charge < -0.3 is 20.1 Å². The van der Waals surface area contributed by atoms with Crippen LogP contribution < -0.4 is 20.1 Å². The molecule has 2 heterocycles. The lowest BCUT2D eigenvalue weighted by Crippen LogP contribution is -2.06. The normalized spacial score (nSPS) is 10.6. The maximum atomic E-state index is 12.0. The Morgan fingerprint density at radius 1 is 0.938 bits per heavy atom. The standard InChI is InChI=1S/C21H17ClN6O4/c1-31-16-10-17(32-2)15(9-13(16)22)27-21-19(28(29)30)20(24-11-25-21)26-14-7-3-5-12-6-4-8-23-18(12)14/h3-11H,1-2H3,(H2,24,25,26,27). The van der Waals surface area contributed by atoms with Gasteiger partial charge in [0.05, 0.1) is 41.1 Å². The number of hydrogen-bond acceptors (Lipinski definition) is 9. The monoisotopic (exact) mass is 452 g/mol. The second-order valence-electron chi connectivity index (χ2n) is 6.49. The third-order valence-electron chi connectivity index (χ3n) is 4.62. The summed E-state index contributed by atoms with van der Waals surface area (Å²) in [7, 11) is 2.94. The molecule has 0 unspecified atom stereocenters. The van der Waals surface area contributed by atoms with Crippen LogP contribution in [0.2, 0.25) is 5.02 Å². The zero-order valence-electron chi connectivity index (χ0n) is 17.0. The minimum Gasteiger partial charge on any atom is -0.495 e. The number of halogens is 1. The molecule has 0 aliphatic heterocycles. The Bertz CT molecular complexity index is 1310. The van der Waals surface area contributed by atoms with Crippen LogP contribution in [0.25, 0.3) is 10.9 Å². The highest BCUT2D eigenvalue weighted by Crippen LogP contribution is 2.40. The van der Waals surface area contributed by atoms with Crippen LogP contribution >= 0.6 is 11.6 Å². The van der Waals surface area contributed by atoms with Crippen LogP contribution in [0.4, 0.5) is 28.7 Å². The van der Waals surface area contributed by atoms with E-state index < -0.39 is 4.92 Å². The number of aromatic nitrogens is 3. The Morgan fingerprint density at radius 2 is 1.62 bits per heavy atom. The van der Waals surface area contributed by atoms with E-state index in [0.29, 0.717) is 33.4 Å². The van der Waals surface area contributed by atoms with Crippen molar-refractivity contribution in [3.63, 3.8) is 0 Å². The molecule has 32 heavy (non-hydrogen) atoms. The van der Waals surface area contributed by atoms with E-state index in [9.17, 15) is 10.1 Å². The Hall–Kier alpha value is -4.18. The van der Waals surface area contributed by atoms with Crippen molar-refractivity contribution in [1.29, 1.82) is 0 Å². The van der Waals surface area contributed by atoms with Crippen LogP contribution in [-0.4, -0.2) is 34.1 Å². The number of nitro groups is 1. The molecule has 0 aliphatic carbocycles. The summed E-state index contributed by atoms with van der Waals surface area (Å²) in [6.45, 7) is 0. The molecule has 4 aromatic rings. The number of benzene rings is 2. The van der Waals surface area contributed by atoms with Gasteiger partial charge in [-0.05, 0) is 18.2 Å². The van der Waals surface area contributed by atoms with E-state index in [1.165, 1.54) is 26.6 Å². The fourth-order valence-corrected chi connectivity index (χ4v) is 3.39. The summed E-state index contributed by atoms with van der Waals surface area (Å²) in [5.41, 5.74) is 1.24. The van der Waals surface area contributed by atoms with E-state index in [2.05, 4.69) is 25.6 Å². The lowest BCUT2D eigenvalue weighted by Gasteiger charge is -2.14. The number of nitrogens with zero attached hydrogens (tertiary/aromatic N) is 4. The van der Waals surface area contributed by atoms with Crippen LogP contribution in [0.3, 0.4) is 0 Å². The molecule has 0 saturated heterocycles. The number of methoxy groups -OCH3 is 2. The molecule has 2 N–H and O–H groups in total. The van der Waals surface area contributed by atoms with Crippen molar-refractivity contribution in [3.8, 4) is 11.5 Å². The first-order valence-corrected chi connectivity index (χ1v) is 9.68. The zero-order chi connectivity index (χ0) is 22.7. The summed E-state index contributed by atoms with van der Waals surface area (Å²) in [6.07, 6.45) is 2.86. The van der Waals surface area contributed by atoms with Gasteiger partial charge in [0.25, 0.3) is 0 Å². The third-order valence-corrected chi connectivity index (χ3v) is 4.91. The number of nitrogens with one attached hydrogen (secondary N) is 2. The SMILES string of the molecule is COc1cc(OC)c(Nc2ncnc(Nc3cccc4cccnc34)c2[N+](=O)[O-])cc1Cl. The fraction of sp³-hybridized carbons (Fsp3) is 0.0952. The third kappa shape index (κ3) is 4.03. The largest absolute Gasteiger partial charge is 0.495 e. The minimum absolute atomic E-state index is 0.00392. The van der Waals surface area contributed by atoms with Crippen LogP contribution in [0, 0.1) is 10.1 Å². The molecule has 0 aliphatic rings. The lowest BCUT2D eigenvalue weighted by molar-refractivity contribution is -0.383. The molecule has 0 bridgehead atoms. The molecular formula is C21H17ClN6O4. The van der Waals surface area contributed by atoms with Crippen molar-refractivity contribution in [2.24, 2.45) is 0 Å². The number of anilines is 4. The number of ether oxygens (including phenoxy) is 2. The molecule has 0 saturated carbocycles. The predicted octanol–water partition coefficient (Wildman–Crippen LogP) is 5.09. The highest BCUT2D eigenvalue weighted by molar-refractivity contribution is 6.32. The van der Waals surface area contributed by atoms with Crippen LogP contribution in [0.5, 0.6) is 11.5 Å². The van der Waals surface area contributed by atoms with Gasteiger partial charge >= 0.3 is 5.69 Å². The average molecular weight is 453 g/mol. The van der Waals surface area contributed by atoms with Crippen molar-refractivity contribution in [2.45, 2.75) is 0 Å². The lowest BCUT2D eigenvalue weighted by atomic mass is 10.2. The number of fused-ring (bicyclic) bond motifs is 1. The first-order valence-electron chi connectivity index (χ1n) is 9.30. The van der Waals surface area contributed by atoms with E-state index in [4.69, 9.17) is 21.1 Å². The number of para-hydroxylation sites is 1. The topological polar surface area (TPSA) is 124 Å². The Kier molecular flexibility index (Phi) is 5.86. The van der Waals surface area contributed by atoms with E-state index in [-0.39, 0.29) is 17.3 Å². The number of pyridine rings is 1. The molecule has 0 fully saturated rings. The minimum atomic E-state index is -0.569. The molecule has 0 spiro atoms. The molecule has 10 nitrogen and oxygen atoms in total. The Morgan fingerprint density at radius 3 is 2.31 bits per heavy atom. The van der Waals surface area contributed by atoms with Gasteiger partial charge in [-0.1, -0.05) is 29.8 Å². The molecule has 2 aromatic carbocycles. The van der Waals surface area contributed by atoms with Gasteiger partial charge in [-0.3, -0.25) is 15.1 Å². The smallest absolute Gasteiger partial charge is 0.353 e. The second-order valence-corrected chi connectivity index (χ2v) is 6.90. The van der Waals surface area contributed by atoms with Gasteiger partial charge in [-0.2, -0.15) is 0 Å².